The summed E-state index contributed by atoms with van der Waals surface area (Å²) in [5.41, 5.74) is -0.584. The van der Waals surface area contributed by atoms with Gasteiger partial charge in [0.15, 0.2) is 11.5 Å². The highest BCUT2D eigenvalue weighted by molar-refractivity contribution is 7.96. The van der Waals surface area contributed by atoms with E-state index in [-0.39, 0.29) is 22.1 Å². The summed E-state index contributed by atoms with van der Waals surface area (Å²) in [5, 5.41) is 19.9. The molecular weight excluding hydrogens is 405 g/mol. The molecule has 0 saturated heterocycles. The highest BCUT2D eigenvalue weighted by Crippen LogP contribution is 2.33. The first-order chi connectivity index (χ1) is 13.8. The topological polar surface area (TPSA) is 131 Å². The van der Waals surface area contributed by atoms with Gasteiger partial charge >= 0.3 is 5.97 Å². The normalized spacial score (nSPS) is 10.7. The number of sulfone groups is 1. The van der Waals surface area contributed by atoms with Crippen LogP contribution in [0.25, 0.3) is 0 Å². The van der Waals surface area contributed by atoms with Crippen molar-refractivity contribution in [3.63, 3.8) is 0 Å². The van der Waals surface area contributed by atoms with Crippen LogP contribution >= 0.6 is 0 Å². The Labute approximate surface area is 164 Å². The lowest BCUT2D eigenvalue weighted by Gasteiger charge is -2.09. The number of aromatic nitrogens is 3. The predicted octanol–water partition coefficient (Wildman–Crippen LogP) is 2.23. The van der Waals surface area contributed by atoms with Crippen LogP contribution < -0.4 is 9.47 Å². The molecule has 0 atom stereocenters. The van der Waals surface area contributed by atoms with Gasteiger partial charge in [-0.05, 0) is 30.2 Å². The number of carbonyl (C=O) groups is 1. The standard InChI is InChI=1S/C18H12FN3O6S/c1-27-16-11(9-10-29(25,26)12-5-3-2-4-6-12)7-8-13(14(16)19)28-17-15(18(23)24)20-22-21-17/h2-8H,1H3,(H,23,24)(H,20,21,22). The summed E-state index contributed by atoms with van der Waals surface area (Å²) in [6.45, 7) is 0. The number of carboxylic acids is 1. The molecule has 0 amide bonds. The minimum atomic E-state index is -3.92. The van der Waals surface area contributed by atoms with Crippen LogP contribution in [-0.4, -0.2) is 42.0 Å². The zero-order chi connectivity index (χ0) is 21.0. The van der Waals surface area contributed by atoms with E-state index < -0.39 is 33.1 Å². The number of rotatable bonds is 5. The molecule has 2 N–H and O–H groups in total. The molecule has 1 aromatic heterocycles. The molecular formula is C18H12FN3O6S. The first-order valence-electron chi connectivity index (χ1n) is 7.85. The van der Waals surface area contributed by atoms with Gasteiger partial charge in [-0.3, -0.25) is 0 Å². The third-order valence-corrected chi connectivity index (χ3v) is 4.83. The van der Waals surface area contributed by atoms with E-state index in [9.17, 15) is 17.6 Å². The summed E-state index contributed by atoms with van der Waals surface area (Å²) in [7, 11) is -2.75. The molecule has 0 aliphatic heterocycles. The van der Waals surface area contributed by atoms with Crippen LogP contribution in [0.4, 0.5) is 4.39 Å². The van der Waals surface area contributed by atoms with Crippen molar-refractivity contribution >= 4 is 15.8 Å². The number of carboxylic acid groups (broad SMARTS) is 1. The Morgan fingerprint density at radius 3 is 2.59 bits per heavy atom. The van der Waals surface area contributed by atoms with Crippen LogP contribution in [-0.2, 0) is 9.84 Å². The number of nitrogens with zero attached hydrogens (tertiary/aromatic N) is 2. The number of aromatic carboxylic acids is 1. The van der Waals surface area contributed by atoms with E-state index in [1.165, 1.54) is 25.3 Å². The van der Waals surface area contributed by atoms with Crippen LogP contribution in [0, 0.1) is 17.0 Å². The largest absolute Gasteiger partial charge is 0.492 e. The van der Waals surface area contributed by atoms with Gasteiger partial charge in [-0.2, -0.15) is 4.39 Å². The Bertz CT molecular complexity index is 1230. The molecule has 1 heterocycles. The molecule has 29 heavy (non-hydrogen) atoms. The Morgan fingerprint density at radius 1 is 1.21 bits per heavy atom. The number of hydrogen-bond donors (Lipinski definition) is 2. The predicted molar refractivity (Wildman–Crippen MR) is 96.9 cm³/mol. The van der Waals surface area contributed by atoms with Gasteiger partial charge in [0.25, 0.3) is 5.88 Å². The minimum absolute atomic E-state index is 0.000151. The van der Waals surface area contributed by atoms with Gasteiger partial charge in [0.1, 0.15) is 0 Å². The molecule has 0 aliphatic carbocycles. The molecule has 148 valence electrons. The summed E-state index contributed by atoms with van der Waals surface area (Å²) in [6, 6.07) is 9.95. The van der Waals surface area contributed by atoms with Gasteiger partial charge in [-0.15, -0.1) is 5.10 Å². The number of nitrogens with one attached hydrogen (secondary N) is 1. The molecule has 0 bridgehead atoms. The zero-order valence-corrected chi connectivity index (χ0v) is 15.5. The van der Waals surface area contributed by atoms with E-state index in [1.807, 2.05) is 0 Å². The molecule has 0 fully saturated rings. The van der Waals surface area contributed by atoms with Crippen molar-refractivity contribution in [1.29, 1.82) is 0 Å². The number of H-pyrrole nitrogens is 1. The SMILES string of the molecule is COc1c(C#CS(=O)(=O)c2ccccc2)ccc(Oc2[nH]nnc2C(=O)O)c1F. The van der Waals surface area contributed by atoms with Crippen LogP contribution in [0.5, 0.6) is 17.4 Å². The van der Waals surface area contributed by atoms with E-state index in [0.29, 0.717) is 0 Å². The molecule has 0 saturated carbocycles. The zero-order valence-electron chi connectivity index (χ0n) is 14.7. The molecule has 3 aromatic rings. The molecule has 0 aliphatic rings. The number of hydrogen-bond acceptors (Lipinski definition) is 7. The summed E-state index contributed by atoms with van der Waals surface area (Å²) < 4.78 is 49.4. The third kappa shape index (κ3) is 4.17. The maximum atomic E-state index is 14.7. The maximum Gasteiger partial charge on any atom is 0.362 e. The maximum absolute atomic E-state index is 14.7. The summed E-state index contributed by atoms with van der Waals surface area (Å²) in [5.74, 6) is -1.21. The fourth-order valence-corrected chi connectivity index (χ4v) is 3.11. The van der Waals surface area contributed by atoms with Gasteiger partial charge in [0, 0.05) is 5.25 Å². The molecule has 0 radical (unpaired) electrons. The fraction of sp³-hybridized carbons (Fsp3) is 0.0556. The fourth-order valence-electron chi connectivity index (χ4n) is 2.24. The summed E-state index contributed by atoms with van der Waals surface area (Å²) >= 11 is 0. The van der Waals surface area contributed by atoms with Crippen molar-refractivity contribution in [3.05, 3.63) is 59.5 Å². The average molecular weight is 417 g/mol. The first-order valence-corrected chi connectivity index (χ1v) is 9.33. The van der Waals surface area contributed by atoms with E-state index in [1.54, 1.807) is 18.2 Å². The molecule has 0 spiro atoms. The Morgan fingerprint density at radius 2 is 1.93 bits per heavy atom. The quantitative estimate of drug-likeness (QED) is 0.604. The molecule has 9 nitrogen and oxygen atoms in total. The lowest BCUT2D eigenvalue weighted by molar-refractivity contribution is 0.0687. The van der Waals surface area contributed by atoms with Crippen molar-refractivity contribution in [2.75, 3.05) is 7.11 Å². The average Bonchev–Trinajstić information content (AvgIpc) is 3.17. The minimum Gasteiger partial charge on any atom is -0.492 e. The van der Waals surface area contributed by atoms with Gasteiger partial charge in [0.05, 0.1) is 17.6 Å². The van der Waals surface area contributed by atoms with Crippen LogP contribution in [0.15, 0.2) is 47.4 Å². The van der Waals surface area contributed by atoms with Crippen molar-refractivity contribution in [2.45, 2.75) is 4.90 Å². The second kappa shape index (κ2) is 7.99. The summed E-state index contributed by atoms with van der Waals surface area (Å²) in [6.07, 6.45) is 0. The first kappa shape index (κ1) is 19.8. The van der Waals surface area contributed by atoms with Gasteiger partial charge in [0.2, 0.25) is 21.3 Å². The molecule has 3 rings (SSSR count). The highest BCUT2D eigenvalue weighted by atomic mass is 32.2. The monoisotopic (exact) mass is 417 g/mol. The third-order valence-electron chi connectivity index (χ3n) is 3.57. The number of benzene rings is 2. The van der Waals surface area contributed by atoms with Crippen LogP contribution in [0.2, 0.25) is 0 Å². The Hall–Kier alpha value is -3.91. The molecule has 0 unspecified atom stereocenters. The van der Waals surface area contributed by atoms with Crippen molar-refractivity contribution < 1.29 is 32.2 Å². The highest BCUT2D eigenvalue weighted by Gasteiger charge is 2.21. The lowest BCUT2D eigenvalue weighted by atomic mass is 10.2. The van der Waals surface area contributed by atoms with E-state index in [4.69, 9.17) is 14.6 Å². The van der Waals surface area contributed by atoms with Crippen LogP contribution in [0.1, 0.15) is 16.1 Å². The van der Waals surface area contributed by atoms with Crippen molar-refractivity contribution in [1.82, 2.24) is 15.4 Å². The van der Waals surface area contributed by atoms with E-state index in [2.05, 4.69) is 26.6 Å². The second-order valence-corrected chi connectivity index (χ2v) is 7.08. The van der Waals surface area contributed by atoms with Crippen molar-refractivity contribution in [3.8, 4) is 28.6 Å². The van der Waals surface area contributed by atoms with Crippen molar-refractivity contribution in [2.24, 2.45) is 0 Å². The van der Waals surface area contributed by atoms with Crippen LogP contribution in [0.3, 0.4) is 0 Å². The second-order valence-electron chi connectivity index (χ2n) is 5.40. The summed E-state index contributed by atoms with van der Waals surface area (Å²) in [4.78, 5) is 11.0. The number of halogens is 1. The van der Waals surface area contributed by atoms with E-state index >= 15 is 0 Å². The number of ether oxygens (including phenoxy) is 2. The smallest absolute Gasteiger partial charge is 0.362 e. The molecule has 2 aromatic carbocycles. The van der Waals surface area contributed by atoms with Gasteiger partial charge in [-0.25, -0.2) is 18.3 Å². The number of methoxy groups -OCH3 is 1. The number of aromatic amines is 1. The van der Waals surface area contributed by atoms with Gasteiger partial charge < -0.3 is 14.6 Å². The van der Waals surface area contributed by atoms with E-state index in [0.717, 1.165) is 6.07 Å². The Kier molecular flexibility index (Phi) is 5.47. The van der Waals surface area contributed by atoms with Gasteiger partial charge in [-0.1, -0.05) is 23.4 Å². The lowest BCUT2D eigenvalue weighted by Crippen LogP contribution is -2.02. The molecule has 11 heteroatoms. The Balaban J connectivity index is 1.96.